The van der Waals surface area contributed by atoms with Crippen LogP contribution in [0.15, 0.2) is 40.8 Å². The number of carbonyl (C=O) groups excluding carboxylic acids is 2. The third kappa shape index (κ3) is 4.86. The van der Waals surface area contributed by atoms with Gasteiger partial charge < -0.3 is 28.6 Å². The number of hydrogen-bond donors (Lipinski definition) is 2. The fourth-order valence-electron chi connectivity index (χ4n) is 4.73. The number of anilines is 1. The first-order valence-electron chi connectivity index (χ1n) is 11.5. The van der Waals surface area contributed by atoms with Crippen LogP contribution in [0.1, 0.15) is 35.2 Å². The Kier molecular flexibility index (Phi) is 7.72. The molecule has 2 aromatic carbocycles. The Hall–Kier alpha value is -3.28. The number of methoxy groups -OCH3 is 1. The Morgan fingerprint density at radius 2 is 2.00 bits per heavy atom. The molecular formula is C25H27FN3O6S-. The van der Waals surface area contributed by atoms with Gasteiger partial charge in [0, 0.05) is 55.0 Å². The maximum absolute atomic E-state index is 13.5. The summed E-state index contributed by atoms with van der Waals surface area (Å²) in [5.41, 5.74) is 2.12. The minimum atomic E-state index is -2.57. The Bertz CT molecular complexity index is 1310. The van der Waals surface area contributed by atoms with Gasteiger partial charge in [-0.25, -0.2) is 4.39 Å². The summed E-state index contributed by atoms with van der Waals surface area (Å²) in [5.74, 6) is -1.57. The van der Waals surface area contributed by atoms with Crippen molar-refractivity contribution in [2.75, 3.05) is 38.1 Å². The summed E-state index contributed by atoms with van der Waals surface area (Å²) in [6.07, 6.45) is 0.444. The van der Waals surface area contributed by atoms with Crippen molar-refractivity contribution in [3.05, 3.63) is 53.3 Å². The van der Waals surface area contributed by atoms with Crippen LogP contribution in [0, 0.1) is 11.7 Å². The molecule has 3 atom stereocenters. The van der Waals surface area contributed by atoms with Crippen molar-refractivity contribution in [3.63, 3.8) is 0 Å². The smallest absolute Gasteiger partial charge is 0.309 e. The molecule has 4 rings (SSSR count). The number of piperidine rings is 1. The van der Waals surface area contributed by atoms with Crippen LogP contribution in [0.25, 0.3) is 22.3 Å². The Labute approximate surface area is 210 Å². The lowest BCUT2D eigenvalue weighted by molar-refractivity contribution is -0.146. The van der Waals surface area contributed by atoms with E-state index in [1.165, 1.54) is 42.7 Å². The average Bonchev–Trinajstić information content (AvgIpc) is 3.26. The summed E-state index contributed by atoms with van der Waals surface area (Å²) in [6, 6.07) is 8.93. The summed E-state index contributed by atoms with van der Waals surface area (Å²) in [4.78, 5) is 25.2. The number of rotatable bonds is 7. The van der Waals surface area contributed by atoms with Gasteiger partial charge in [0.15, 0.2) is 0 Å². The minimum absolute atomic E-state index is 0.170. The quantitative estimate of drug-likeness (QED) is 0.365. The molecule has 11 heteroatoms. The van der Waals surface area contributed by atoms with E-state index in [4.69, 9.17) is 9.15 Å². The molecule has 1 aromatic heterocycles. The van der Waals surface area contributed by atoms with Crippen LogP contribution >= 0.6 is 0 Å². The number of carbonyl (C=O) groups is 2. The van der Waals surface area contributed by atoms with E-state index in [0.29, 0.717) is 47.3 Å². The highest BCUT2D eigenvalue weighted by atomic mass is 32.2. The molecule has 2 N–H and O–H groups in total. The van der Waals surface area contributed by atoms with Crippen LogP contribution < -0.4 is 14.9 Å². The number of fused-ring (bicyclic) bond motifs is 1. The minimum Gasteiger partial charge on any atom is -0.755 e. The molecule has 1 aliphatic rings. The number of halogens is 1. The van der Waals surface area contributed by atoms with Crippen LogP contribution in [0.3, 0.4) is 0 Å². The van der Waals surface area contributed by atoms with E-state index >= 15 is 0 Å². The lowest BCUT2D eigenvalue weighted by Gasteiger charge is -2.33. The number of nitrogens with zero attached hydrogens (tertiary/aromatic N) is 1. The Morgan fingerprint density at radius 1 is 1.28 bits per heavy atom. The Morgan fingerprint density at radius 3 is 2.61 bits per heavy atom. The molecule has 192 valence electrons. The second kappa shape index (κ2) is 10.8. The van der Waals surface area contributed by atoms with Crippen LogP contribution in [0.4, 0.5) is 10.1 Å². The summed E-state index contributed by atoms with van der Waals surface area (Å²) in [6.45, 7) is 2.84. The van der Waals surface area contributed by atoms with Crippen molar-refractivity contribution in [1.82, 2.24) is 10.6 Å². The number of hydrogen-bond acceptors (Lipinski definition) is 7. The second-order valence-electron chi connectivity index (χ2n) is 8.52. The van der Waals surface area contributed by atoms with Crippen LogP contribution in [0.2, 0.25) is 0 Å². The van der Waals surface area contributed by atoms with Crippen molar-refractivity contribution >= 4 is 39.8 Å². The molecular weight excluding hydrogens is 489 g/mol. The fourth-order valence-corrected chi connectivity index (χ4v) is 5.26. The number of benzene rings is 2. The third-order valence-corrected chi connectivity index (χ3v) is 7.27. The number of esters is 1. The first-order chi connectivity index (χ1) is 17.3. The molecule has 1 fully saturated rings. The zero-order chi connectivity index (χ0) is 26.0. The first kappa shape index (κ1) is 25.8. The zero-order valence-corrected chi connectivity index (χ0v) is 20.9. The molecule has 1 saturated heterocycles. The predicted molar refractivity (Wildman–Crippen MR) is 133 cm³/mol. The molecule has 36 heavy (non-hydrogen) atoms. The molecule has 0 radical (unpaired) electrons. The van der Waals surface area contributed by atoms with Crippen molar-refractivity contribution in [3.8, 4) is 11.3 Å². The zero-order valence-electron chi connectivity index (χ0n) is 20.1. The van der Waals surface area contributed by atoms with E-state index in [1.807, 2.05) is 0 Å². The van der Waals surface area contributed by atoms with E-state index in [2.05, 4.69) is 10.6 Å². The van der Waals surface area contributed by atoms with Crippen LogP contribution in [-0.2, 0) is 20.8 Å². The van der Waals surface area contributed by atoms with Gasteiger partial charge in [0.25, 0.3) is 5.91 Å². The monoisotopic (exact) mass is 516 g/mol. The van der Waals surface area contributed by atoms with E-state index in [9.17, 15) is 22.7 Å². The maximum atomic E-state index is 13.5. The van der Waals surface area contributed by atoms with Crippen LogP contribution in [0.5, 0.6) is 0 Å². The second-order valence-corrected chi connectivity index (χ2v) is 9.40. The van der Waals surface area contributed by atoms with Gasteiger partial charge in [-0.15, -0.1) is 0 Å². The highest BCUT2D eigenvalue weighted by Crippen LogP contribution is 2.41. The van der Waals surface area contributed by atoms with Crippen molar-refractivity contribution in [2.24, 2.45) is 5.92 Å². The standard InChI is InChI=1S/C25H28FN3O6S/c1-4-29(36(32)33)20-11-21-19(10-18(20)15-9-16(13-28-12-15)25(31)34-3)22(24(30)27-2)23(35-21)14-5-7-17(26)8-6-14/h5-8,10-11,15-16,28H,4,9,12-13H2,1-3H3,(H,27,30)(H,32,33)/p-1. The van der Waals surface area contributed by atoms with Gasteiger partial charge in [-0.3, -0.25) is 13.8 Å². The van der Waals surface area contributed by atoms with Gasteiger partial charge in [0.1, 0.15) is 17.2 Å². The highest BCUT2D eigenvalue weighted by molar-refractivity contribution is 7.80. The van der Waals surface area contributed by atoms with Gasteiger partial charge in [0.2, 0.25) is 0 Å². The summed E-state index contributed by atoms with van der Waals surface area (Å²) < 4.78 is 50.0. The highest BCUT2D eigenvalue weighted by Gasteiger charge is 2.32. The van der Waals surface area contributed by atoms with Crippen molar-refractivity contribution < 1.29 is 31.9 Å². The fraction of sp³-hybridized carbons (Fsp3) is 0.360. The number of furan rings is 1. The molecule has 0 saturated carbocycles. The van der Waals surface area contributed by atoms with Gasteiger partial charge in [0.05, 0.1) is 24.3 Å². The molecule has 9 nitrogen and oxygen atoms in total. The molecule has 2 heterocycles. The van der Waals surface area contributed by atoms with Gasteiger partial charge in [-0.1, -0.05) is 0 Å². The molecule has 3 unspecified atom stereocenters. The SMILES string of the molecule is CCN(c1cc2oc(-c3ccc(F)cc3)c(C(=O)NC)c2cc1C1CNCC(C(=O)OC)C1)S(=O)[O-]. The lowest BCUT2D eigenvalue weighted by Crippen LogP contribution is -2.39. The molecule has 1 amide bonds. The molecule has 0 bridgehead atoms. The van der Waals surface area contributed by atoms with Crippen LogP contribution in [-0.4, -0.2) is 54.4 Å². The van der Waals surface area contributed by atoms with Gasteiger partial charge >= 0.3 is 5.97 Å². The number of nitrogens with one attached hydrogen (secondary N) is 2. The first-order valence-corrected chi connectivity index (χ1v) is 12.6. The van der Waals surface area contributed by atoms with Gasteiger partial charge in [-0.2, -0.15) is 0 Å². The molecule has 0 spiro atoms. The summed E-state index contributed by atoms with van der Waals surface area (Å²) in [7, 11) is 2.83. The van der Waals surface area contributed by atoms with E-state index < -0.39 is 28.9 Å². The molecule has 0 aliphatic carbocycles. The number of ether oxygens (including phenoxy) is 1. The number of amides is 1. The normalized spacial score (nSPS) is 18.6. The lowest BCUT2D eigenvalue weighted by atomic mass is 9.84. The summed E-state index contributed by atoms with van der Waals surface area (Å²) in [5, 5.41) is 6.34. The average molecular weight is 517 g/mol. The Balaban J connectivity index is 1.95. The van der Waals surface area contributed by atoms with Crippen molar-refractivity contribution in [1.29, 1.82) is 0 Å². The van der Waals surface area contributed by atoms with E-state index in [1.54, 1.807) is 19.1 Å². The van der Waals surface area contributed by atoms with E-state index in [-0.39, 0.29) is 29.8 Å². The molecule has 1 aliphatic heterocycles. The third-order valence-electron chi connectivity index (χ3n) is 6.46. The van der Waals surface area contributed by atoms with Crippen molar-refractivity contribution in [2.45, 2.75) is 19.3 Å². The summed E-state index contributed by atoms with van der Waals surface area (Å²) >= 11 is -2.57. The maximum Gasteiger partial charge on any atom is 0.309 e. The van der Waals surface area contributed by atoms with E-state index in [0.717, 1.165) is 0 Å². The molecule has 3 aromatic rings. The van der Waals surface area contributed by atoms with Gasteiger partial charge in [-0.05, 0) is 55.2 Å². The largest absolute Gasteiger partial charge is 0.755 e. The predicted octanol–water partition coefficient (Wildman–Crippen LogP) is 3.09. The topological polar surface area (TPSA) is 124 Å².